The molecule has 0 radical (unpaired) electrons. The average Bonchev–Trinajstić information content (AvgIpc) is 3.20. The average molecular weight is 391 g/mol. The minimum atomic E-state index is -0.976. The fourth-order valence-corrected chi connectivity index (χ4v) is 3.75. The zero-order chi connectivity index (χ0) is 19.5. The predicted octanol–water partition coefficient (Wildman–Crippen LogP) is 4.68. The van der Waals surface area contributed by atoms with E-state index in [1.807, 2.05) is 35.7 Å². The van der Waals surface area contributed by atoms with E-state index < -0.39 is 5.97 Å². The summed E-state index contributed by atoms with van der Waals surface area (Å²) < 4.78 is 5.27. The van der Waals surface area contributed by atoms with Crippen molar-refractivity contribution in [1.82, 2.24) is 9.97 Å². The Balaban J connectivity index is 1.59. The topological polar surface area (TPSA) is 84.3 Å². The highest BCUT2D eigenvalue weighted by molar-refractivity contribution is 7.10. The van der Waals surface area contributed by atoms with Gasteiger partial charge in [-0.2, -0.15) is 0 Å². The SMILES string of the molecule is COc1cccc(-c2csc(CNc3nccc4cccc(C(=O)O)c34)n2)c1. The molecule has 0 fully saturated rings. The van der Waals surface area contributed by atoms with Gasteiger partial charge in [0.1, 0.15) is 16.6 Å². The molecule has 0 aliphatic rings. The number of benzene rings is 2. The molecule has 140 valence electrons. The van der Waals surface area contributed by atoms with Crippen molar-refractivity contribution in [3.63, 3.8) is 0 Å². The van der Waals surface area contributed by atoms with Crippen LogP contribution in [0.1, 0.15) is 15.4 Å². The van der Waals surface area contributed by atoms with Gasteiger partial charge in [-0.3, -0.25) is 0 Å². The van der Waals surface area contributed by atoms with Crippen molar-refractivity contribution < 1.29 is 14.6 Å². The Morgan fingerprint density at radius 1 is 1.21 bits per heavy atom. The van der Waals surface area contributed by atoms with Crippen LogP contribution in [0.5, 0.6) is 5.75 Å². The Morgan fingerprint density at radius 3 is 2.89 bits per heavy atom. The summed E-state index contributed by atoms with van der Waals surface area (Å²) in [6.07, 6.45) is 1.67. The van der Waals surface area contributed by atoms with Crippen molar-refractivity contribution in [3.05, 3.63) is 70.7 Å². The number of nitrogens with one attached hydrogen (secondary N) is 1. The molecule has 0 aliphatic carbocycles. The molecule has 4 aromatic rings. The number of carboxylic acids is 1. The maximum absolute atomic E-state index is 11.6. The number of aromatic nitrogens is 2. The number of aromatic carboxylic acids is 1. The minimum Gasteiger partial charge on any atom is -0.497 e. The minimum absolute atomic E-state index is 0.226. The van der Waals surface area contributed by atoms with E-state index in [9.17, 15) is 9.90 Å². The maximum atomic E-state index is 11.6. The van der Waals surface area contributed by atoms with Gasteiger partial charge in [-0.15, -0.1) is 11.3 Å². The fourth-order valence-electron chi connectivity index (χ4n) is 3.01. The van der Waals surface area contributed by atoms with Crippen molar-refractivity contribution >= 4 is 33.9 Å². The van der Waals surface area contributed by atoms with Gasteiger partial charge in [-0.1, -0.05) is 24.3 Å². The first-order chi connectivity index (χ1) is 13.7. The van der Waals surface area contributed by atoms with Gasteiger partial charge in [0.25, 0.3) is 0 Å². The van der Waals surface area contributed by atoms with E-state index >= 15 is 0 Å². The van der Waals surface area contributed by atoms with E-state index in [-0.39, 0.29) is 5.56 Å². The van der Waals surface area contributed by atoms with Gasteiger partial charge in [0.15, 0.2) is 0 Å². The quantitative estimate of drug-likeness (QED) is 0.497. The Kier molecular flexibility index (Phi) is 4.90. The number of thiazole rings is 1. The molecule has 0 unspecified atom stereocenters. The fraction of sp³-hybridized carbons (Fsp3) is 0.0952. The number of hydrogen-bond acceptors (Lipinski definition) is 6. The summed E-state index contributed by atoms with van der Waals surface area (Å²) in [5, 5.41) is 17.0. The number of anilines is 1. The number of methoxy groups -OCH3 is 1. The Morgan fingerprint density at radius 2 is 2.07 bits per heavy atom. The number of pyridine rings is 1. The summed E-state index contributed by atoms with van der Waals surface area (Å²) >= 11 is 1.53. The monoisotopic (exact) mass is 391 g/mol. The Hall–Kier alpha value is -3.45. The molecule has 28 heavy (non-hydrogen) atoms. The number of carboxylic acid groups (broad SMARTS) is 1. The van der Waals surface area contributed by atoms with Crippen LogP contribution in [0.15, 0.2) is 60.1 Å². The van der Waals surface area contributed by atoms with Crippen molar-refractivity contribution in [2.45, 2.75) is 6.54 Å². The van der Waals surface area contributed by atoms with E-state index in [0.29, 0.717) is 17.7 Å². The molecule has 6 nitrogen and oxygen atoms in total. The van der Waals surface area contributed by atoms with Crippen LogP contribution < -0.4 is 10.1 Å². The molecule has 0 saturated heterocycles. The van der Waals surface area contributed by atoms with Crippen molar-refractivity contribution in [2.75, 3.05) is 12.4 Å². The van der Waals surface area contributed by atoms with Crippen LogP contribution in [0.4, 0.5) is 5.82 Å². The highest BCUT2D eigenvalue weighted by atomic mass is 32.1. The van der Waals surface area contributed by atoms with E-state index in [1.165, 1.54) is 11.3 Å². The molecule has 0 spiro atoms. The Labute approximate surface area is 165 Å². The second-order valence-electron chi connectivity index (χ2n) is 6.08. The molecule has 0 amide bonds. The number of hydrogen-bond donors (Lipinski definition) is 2. The molecule has 0 aliphatic heterocycles. The first-order valence-corrected chi connectivity index (χ1v) is 9.47. The maximum Gasteiger partial charge on any atom is 0.336 e. The molecule has 7 heteroatoms. The first kappa shape index (κ1) is 17.9. The lowest BCUT2D eigenvalue weighted by molar-refractivity contribution is 0.0699. The van der Waals surface area contributed by atoms with E-state index in [4.69, 9.17) is 4.74 Å². The predicted molar refractivity (Wildman–Crippen MR) is 110 cm³/mol. The number of rotatable bonds is 6. The van der Waals surface area contributed by atoms with Gasteiger partial charge >= 0.3 is 5.97 Å². The van der Waals surface area contributed by atoms with Crippen LogP contribution in [-0.4, -0.2) is 28.2 Å². The van der Waals surface area contributed by atoms with Gasteiger partial charge in [0, 0.05) is 22.5 Å². The highest BCUT2D eigenvalue weighted by Crippen LogP contribution is 2.28. The summed E-state index contributed by atoms with van der Waals surface area (Å²) in [7, 11) is 1.64. The molecule has 4 rings (SSSR count). The molecule has 0 bridgehead atoms. The van der Waals surface area contributed by atoms with Crippen LogP contribution >= 0.6 is 11.3 Å². The number of fused-ring (bicyclic) bond motifs is 1. The number of nitrogens with zero attached hydrogens (tertiary/aromatic N) is 2. The smallest absolute Gasteiger partial charge is 0.336 e. The molecular weight excluding hydrogens is 374 g/mol. The lowest BCUT2D eigenvalue weighted by atomic mass is 10.1. The van der Waals surface area contributed by atoms with Crippen LogP contribution in [0.3, 0.4) is 0 Å². The number of carbonyl (C=O) groups is 1. The zero-order valence-electron chi connectivity index (χ0n) is 15.0. The van der Waals surface area contributed by atoms with Gasteiger partial charge in [0.05, 0.1) is 24.9 Å². The third kappa shape index (κ3) is 3.52. The molecule has 0 atom stereocenters. The van der Waals surface area contributed by atoms with Crippen LogP contribution in [0.2, 0.25) is 0 Å². The van der Waals surface area contributed by atoms with Gasteiger partial charge in [-0.05, 0) is 29.7 Å². The van der Waals surface area contributed by atoms with Crippen LogP contribution in [0.25, 0.3) is 22.0 Å². The van der Waals surface area contributed by atoms with Crippen molar-refractivity contribution in [2.24, 2.45) is 0 Å². The van der Waals surface area contributed by atoms with Gasteiger partial charge in [0.2, 0.25) is 0 Å². The lowest BCUT2D eigenvalue weighted by Gasteiger charge is -2.09. The third-order valence-electron chi connectivity index (χ3n) is 4.35. The Bertz CT molecular complexity index is 1150. The second-order valence-corrected chi connectivity index (χ2v) is 7.02. The molecule has 2 heterocycles. The molecule has 2 aromatic heterocycles. The summed E-state index contributed by atoms with van der Waals surface area (Å²) in [6.45, 7) is 0.453. The van der Waals surface area contributed by atoms with E-state index in [0.717, 1.165) is 27.4 Å². The lowest BCUT2D eigenvalue weighted by Crippen LogP contribution is -2.05. The highest BCUT2D eigenvalue weighted by Gasteiger charge is 2.13. The van der Waals surface area contributed by atoms with Crippen molar-refractivity contribution in [3.8, 4) is 17.0 Å². The molecule has 2 aromatic carbocycles. The zero-order valence-corrected chi connectivity index (χ0v) is 15.9. The molecule has 2 N–H and O–H groups in total. The third-order valence-corrected chi connectivity index (χ3v) is 5.19. The molecular formula is C21H17N3O3S. The summed E-state index contributed by atoms with van der Waals surface area (Å²) in [5.41, 5.74) is 2.08. The second kappa shape index (κ2) is 7.66. The van der Waals surface area contributed by atoms with Gasteiger partial charge in [-0.25, -0.2) is 14.8 Å². The first-order valence-electron chi connectivity index (χ1n) is 8.59. The van der Waals surface area contributed by atoms with Gasteiger partial charge < -0.3 is 15.2 Å². The van der Waals surface area contributed by atoms with E-state index in [2.05, 4.69) is 15.3 Å². The molecule has 0 saturated carbocycles. The number of ether oxygens (including phenoxy) is 1. The van der Waals surface area contributed by atoms with Crippen LogP contribution in [-0.2, 0) is 6.54 Å². The summed E-state index contributed by atoms with van der Waals surface area (Å²) in [6, 6.07) is 14.7. The van der Waals surface area contributed by atoms with Crippen LogP contribution in [0, 0.1) is 0 Å². The standard InChI is InChI=1S/C21H17N3O3S/c1-27-15-6-2-5-14(10-15)17-12-28-18(24-17)11-23-20-19-13(8-9-22-20)4-3-7-16(19)21(25)26/h2-10,12H,11H2,1H3,(H,22,23)(H,25,26). The summed E-state index contributed by atoms with van der Waals surface area (Å²) in [4.78, 5) is 20.6. The normalized spacial score (nSPS) is 10.8. The van der Waals surface area contributed by atoms with E-state index in [1.54, 1.807) is 31.5 Å². The summed E-state index contributed by atoms with van der Waals surface area (Å²) in [5.74, 6) is 0.344. The largest absolute Gasteiger partial charge is 0.497 e. The van der Waals surface area contributed by atoms with Crippen molar-refractivity contribution in [1.29, 1.82) is 0 Å².